The Morgan fingerprint density at radius 3 is 1.67 bits per heavy atom. The van der Waals surface area contributed by atoms with E-state index < -0.39 is 7.60 Å². The van der Waals surface area contributed by atoms with Crippen LogP contribution in [0.1, 0.15) is 92.9 Å². The molecule has 2 N–H and O–H groups in total. The fourth-order valence-corrected chi connectivity index (χ4v) is 4.62. The van der Waals surface area contributed by atoms with Gasteiger partial charge in [-0.2, -0.15) is 0 Å². The predicted octanol–water partition coefficient (Wildman–Crippen LogP) is 6.49. The molecule has 3 nitrogen and oxygen atoms in total. The zero-order valence-corrected chi connectivity index (χ0v) is 17.9. The summed E-state index contributed by atoms with van der Waals surface area (Å²) in [4.78, 5) is 18.9. The molecule has 0 aliphatic rings. The fraction of sp³-hybridized carbons (Fsp3) is 1.00. The molecule has 0 heterocycles. The van der Waals surface area contributed by atoms with Crippen molar-refractivity contribution in [3.05, 3.63) is 0 Å². The van der Waals surface area contributed by atoms with Gasteiger partial charge >= 0.3 is 7.60 Å². The highest BCUT2D eigenvalue weighted by Crippen LogP contribution is 2.41. The van der Waals surface area contributed by atoms with Crippen molar-refractivity contribution in [3.63, 3.8) is 0 Å². The summed E-state index contributed by atoms with van der Waals surface area (Å²) in [5.74, 6) is 2.69. The molecule has 0 aliphatic carbocycles. The number of hydrogen-bond acceptors (Lipinski definition) is 1. The summed E-state index contributed by atoms with van der Waals surface area (Å²) in [5, 5.41) is 0. The van der Waals surface area contributed by atoms with Gasteiger partial charge in [-0.1, -0.05) is 86.5 Å². The average molecular weight is 363 g/mol. The molecular formula is C20H43O3P. The molecule has 0 radical (unpaired) electrons. The monoisotopic (exact) mass is 362 g/mol. The third kappa shape index (κ3) is 14.5. The summed E-state index contributed by atoms with van der Waals surface area (Å²) in [6.07, 6.45) is 9.36. The van der Waals surface area contributed by atoms with Gasteiger partial charge in [-0.15, -0.1) is 0 Å². The number of rotatable bonds is 14. The van der Waals surface area contributed by atoms with Crippen molar-refractivity contribution in [3.8, 4) is 0 Å². The van der Waals surface area contributed by atoms with Crippen molar-refractivity contribution in [1.29, 1.82) is 0 Å². The van der Waals surface area contributed by atoms with Crippen molar-refractivity contribution in [2.24, 2.45) is 29.6 Å². The van der Waals surface area contributed by atoms with Crippen LogP contribution in [0.15, 0.2) is 0 Å². The zero-order valence-electron chi connectivity index (χ0n) is 17.0. The Hall–Kier alpha value is 0.150. The predicted molar refractivity (Wildman–Crippen MR) is 105 cm³/mol. The molecule has 0 aromatic rings. The smallest absolute Gasteiger partial charge is 0.324 e. The average Bonchev–Trinajstić information content (AvgIpc) is 2.41. The van der Waals surface area contributed by atoms with Crippen molar-refractivity contribution in [2.75, 3.05) is 6.16 Å². The molecule has 0 bridgehead atoms. The molecule has 0 aliphatic heterocycles. The molecule has 0 saturated carbocycles. The topological polar surface area (TPSA) is 57.5 Å². The maximum atomic E-state index is 11.5. The first-order valence-electron chi connectivity index (χ1n) is 10.1. The molecule has 0 amide bonds. The van der Waals surface area contributed by atoms with Gasteiger partial charge < -0.3 is 9.79 Å². The molecule has 3 atom stereocenters. The second-order valence-electron chi connectivity index (χ2n) is 8.92. The molecule has 146 valence electrons. The van der Waals surface area contributed by atoms with Crippen LogP contribution in [0.2, 0.25) is 0 Å². The highest BCUT2D eigenvalue weighted by Gasteiger charge is 2.26. The van der Waals surface area contributed by atoms with Crippen LogP contribution in [0.25, 0.3) is 0 Å². The standard InChI is InChI=1S/C20H43O3P/c1-16(2)9-7-11-18(5)13-14-20(15-24(21,22)23)19(6)12-8-10-17(3)4/h16-20H,7-15H2,1-6H3,(H2,21,22,23). The lowest BCUT2D eigenvalue weighted by atomic mass is 9.84. The van der Waals surface area contributed by atoms with Crippen LogP contribution >= 0.6 is 7.60 Å². The SMILES string of the molecule is CC(C)CCCC(C)CCC(CP(=O)(O)O)C(C)CCCC(C)C. The van der Waals surface area contributed by atoms with E-state index in [4.69, 9.17) is 0 Å². The van der Waals surface area contributed by atoms with Gasteiger partial charge in [0.1, 0.15) is 0 Å². The Morgan fingerprint density at radius 1 is 0.708 bits per heavy atom. The molecular weight excluding hydrogens is 319 g/mol. The van der Waals surface area contributed by atoms with Crippen LogP contribution in [-0.2, 0) is 4.57 Å². The Morgan fingerprint density at radius 2 is 1.21 bits per heavy atom. The van der Waals surface area contributed by atoms with E-state index in [1.807, 2.05) is 0 Å². The third-order valence-electron chi connectivity index (χ3n) is 5.23. The van der Waals surface area contributed by atoms with Crippen molar-refractivity contribution < 1.29 is 14.4 Å². The lowest BCUT2D eigenvalue weighted by molar-refractivity contribution is 0.280. The second-order valence-corrected chi connectivity index (χ2v) is 10.6. The molecule has 4 heteroatoms. The fourth-order valence-electron chi connectivity index (χ4n) is 3.46. The van der Waals surface area contributed by atoms with E-state index in [1.165, 1.54) is 32.1 Å². The van der Waals surface area contributed by atoms with Gasteiger partial charge in [-0.25, -0.2) is 0 Å². The third-order valence-corrected chi connectivity index (χ3v) is 6.17. The minimum absolute atomic E-state index is 0.0640. The second kappa shape index (κ2) is 12.5. The highest BCUT2D eigenvalue weighted by atomic mass is 31.2. The summed E-state index contributed by atoms with van der Waals surface area (Å²) in [6.45, 7) is 13.5. The largest absolute Gasteiger partial charge is 0.325 e. The molecule has 0 rings (SSSR count). The summed E-state index contributed by atoms with van der Waals surface area (Å²) < 4.78 is 11.5. The van der Waals surface area contributed by atoms with Crippen LogP contribution in [-0.4, -0.2) is 15.9 Å². The first-order chi connectivity index (χ1) is 11.0. The van der Waals surface area contributed by atoms with Gasteiger partial charge in [0.15, 0.2) is 0 Å². The van der Waals surface area contributed by atoms with E-state index in [0.29, 0.717) is 17.8 Å². The molecule has 3 unspecified atom stereocenters. The van der Waals surface area contributed by atoms with E-state index >= 15 is 0 Å². The van der Waals surface area contributed by atoms with Crippen LogP contribution in [0, 0.1) is 29.6 Å². The van der Waals surface area contributed by atoms with E-state index in [2.05, 4.69) is 41.5 Å². The van der Waals surface area contributed by atoms with E-state index in [-0.39, 0.29) is 12.1 Å². The van der Waals surface area contributed by atoms with Gasteiger partial charge in [0.2, 0.25) is 0 Å². The first kappa shape index (κ1) is 24.1. The lowest BCUT2D eigenvalue weighted by Crippen LogP contribution is -2.18. The summed E-state index contributed by atoms with van der Waals surface area (Å²) in [5.41, 5.74) is 0. The molecule has 24 heavy (non-hydrogen) atoms. The molecule has 0 aromatic heterocycles. The van der Waals surface area contributed by atoms with Crippen molar-refractivity contribution in [1.82, 2.24) is 0 Å². The minimum Gasteiger partial charge on any atom is -0.324 e. The lowest BCUT2D eigenvalue weighted by Gasteiger charge is -2.26. The zero-order chi connectivity index (χ0) is 18.8. The minimum atomic E-state index is -3.92. The van der Waals surface area contributed by atoms with Crippen LogP contribution in [0.5, 0.6) is 0 Å². The summed E-state index contributed by atoms with van der Waals surface area (Å²) >= 11 is 0. The molecule has 0 spiro atoms. The van der Waals surface area contributed by atoms with Crippen molar-refractivity contribution >= 4 is 7.60 Å². The van der Waals surface area contributed by atoms with Crippen LogP contribution in [0.3, 0.4) is 0 Å². The first-order valence-corrected chi connectivity index (χ1v) is 11.9. The van der Waals surface area contributed by atoms with Crippen molar-refractivity contribution in [2.45, 2.75) is 92.9 Å². The van der Waals surface area contributed by atoms with E-state index in [1.54, 1.807) is 0 Å². The summed E-state index contributed by atoms with van der Waals surface area (Å²) in [7, 11) is -3.92. The quantitative estimate of drug-likeness (QED) is 0.347. The number of hydrogen-bond donors (Lipinski definition) is 2. The normalized spacial score (nSPS) is 16.6. The Balaban J connectivity index is 4.36. The Bertz CT molecular complexity index is 349. The Labute approximate surface area is 151 Å². The molecule has 0 aromatic carbocycles. The molecule has 0 saturated heterocycles. The highest BCUT2D eigenvalue weighted by molar-refractivity contribution is 7.51. The van der Waals surface area contributed by atoms with E-state index in [9.17, 15) is 14.4 Å². The van der Waals surface area contributed by atoms with Gasteiger partial charge in [0.05, 0.1) is 6.16 Å². The molecule has 0 fully saturated rings. The maximum absolute atomic E-state index is 11.5. The van der Waals surface area contributed by atoms with Gasteiger partial charge in [0, 0.05) is 0 Å². The van der Waals surface area contributed by atoms with Gasteiger partial charge in [-0.3, -0.25) is 4.57 Å². The van der Waals surface area contributed by atoms with Crippen LogP contribution < -0.4 is 0 Å². The van der Waals surface area contributed by atoms with Gasteiger partial charge in [-0.05, 0) is 36.0 Å². The van der Waals surface area contributed by atoms with Crippen LogP contribution in [0.4, 0.5) is 0 Å². The summed E-state index contributed by atoms with van der Waals surface area (Å²) in [6, 6.07) is 0. The maximum Gasteiger partial charge on any atom is 0.325 e. The van der Waals surface area contributed by atoms with Gasteiger partial charge in [0.25, 0.3) is 0 Å². The van der Waals surface area contributed by atoms with E-state index in [0.717, 1.165) is 25.2 Å². The Kier molecular flexibility index (Phi) is 12.6.